The summed E-state index contributed by atoms with van der Waals surface area (Å²) in [5.41, 5.74) is 6.54. The van der Waals surface area contributed by atoms with Gasteiger partial charge in [-0.2, -0.15) is 0 Å². The molecule has 4 heteroatoms. The van der Waals surface area contributed by atoms with Gasteiger partial charge in [0.1, 0.15) is 11.4 Å². The van der Waals surface area contributed by atoms with Gasteiger partial charge in [0.05, 0.1) is 11.0 Å². The van der Waals surface area contributed by atoms with Crippen molar-refractivity contribution < 1.29 is 9.90 Å². The van der Waals surface area contributed by atoms with Crippen LogP contribution in [0.25, 0.3) is 11.0 Å². The lowest BCUT2D eigenvalue weighted by atomic mass is 9.51. The monoisotopic (exact) mass is 454 g/mol. The molecule has 1 heterocycles. The minimum absolute atomic E-state index is 0.216. The zero-order chi connectivity index (χ0) is 23.8. The fourth-order valence-corrected chi connectivity index (χ4v) is 7.93. The number of hydrogen-bond donors (Lipinski definition) is 1. The van der Waals surface area contributed by atoms with E-state index in [-0.39, 0.29) is 17.1 Å². The molecule has 0 aliphatic heterocycles. The maximum atomic E-state index is 12.2. The summed E-state index contributed by atoms with van der Waals surface area (Å²) in [5, 5.41) is 11.8. The van der Waals surface area contributed by atoms with Crippen molar-refractivity contribution in [1.82, 2.24) is 9.55 Å². The Kier molecular flexibility index (Phi) is 4.78. The van der Waals surface area contributed by atoms with Gasteiger partial charge in [0.15, 0.2) is 5.78 Å². The van der Waals surface area contributed by atoms with E-state index in [0.717, 1.165) is 55.4 Å². The highest BCUT2D eigenvalue weighted by atomic mass is 16.3. The molecule has 0 radical (unpaired) electrons. The summed E-state index contributed by atoms with van der Waals surface area (Å²) in [6, 6.07) is 6.75. The SMILES string of the molecule is CC#C[C@]1(O)CC[C@H]2[C@@H]3CCC4=CC(=O)CCC4=C3[C@@H](c3ccc4c(c3)nc(C)n4C)C[C@@]21C. The standard InChI is InChI=1S/C30H34N2O2/c1-5-13-30(34)14-12-25-23-9-6-19-15-21(33)8-10-22(19)28(23)24(17-29(25,30)3)20-7-11-27-26(16-20)31-18(2)32(27)4/h7,11,15-16,23-25,34H,6,8-10,12,14,17H2,1-4H3/t23-,24+,25-,29-,30-/m0/s1. The van der Waals surface area contributed by atoms with Crippen LogP contribution in [0.4, 0.5) is 0 Å². The Morgan fingerprint density at radius 3 is 2.82 bits per heavy atom. The number of imidazole rings is 1. The average molecular weight is 455 g/mol. The van der Waals surface area contributed by atoms with Crippen molar-refractivity contribution in [3.8, 4) is 11.8 Å². The summed E-state index contributed by atoms with van der Waals surface area (Å²) in [5.74, 6) is 8.67. The molecule has 2 aromatic rings. The van der Waals surface area contributed by atoms with E-state index < -0.39 is 5.60 Å². The summed E-state index contributed by atoms with van der Waals surface area (Å²) in [6.07, 6.45) is 8.10. The number of hydrogen-bond acceptors (Lipinski definition) is 3. The molecule has 0 unspecified atom stereocenters. The lowest BCUT2D eigenvalue weighted by molar-refractivity contribution is -0.114. The van der Waals surface area contributed by atoms with Crippen LogP contribution in [0, 0.1) is 36.0 Å². The maximum Gasteiger partial charge on any atom is 0.156 e. The van der Waals surface area contributed by atoms with E-state index in [9.17, 15) is 9.90 Å². The molecular formula is C30H34N2O2. The predicted molar refractivity (Wildman–Crippen MR) is 134 cm³/mol. The minimum atomic E-state index is -0.939. The van der Waals surface area contributed by atoms with Crippen molar-refractivity contribution in [3.05, 3.63) is 52.4 Å². The predicted octanol–water partition coefficient (Wildman–Crippen LogP) is 5.54. The minimum Gasteiger partial charge on any atom is -0.377 e. The van der Waals surface area contributed by atoms with Gasteiger partial charge in [-0.15, -0.1) is 5.92 Å². The molecule has 4 aliphatic carbocycles. The van der Waals surface area contributed by atoms with Crippen LogP contribution in [0.3, 0.4) is 0 Å². The largest absolute Gasteiger partial charge is 0.377 e. The van der Waals surface area contributed by atoms with Gasteiger partial charge in [-0.25, -0.2) is 4.98 Å². The summed E-state index contributed by atoms with van der Waals surface area (Å²) in [6.45, 7) is 6.19. The summed E-state index contributed by atoms with van der Waals surface area (Å²) >= 11 is 0. The molecule has 0 amide bonds. The van der Waals surface area contributed by atoms with Crippen LogP contribution in [0.15, 0.2) is 41.0 Å². The second-order valence-electron chi connectivity index (χ2n) is 11.2. The molecule has 5 atom stereocenters. The molecule has 0 spiro atoms. The van der Waals surface area contributed by atoms with E-state index in [1.807, 2.05) is 19.9 Å². The Bertz CT molecular complexity index is 1350. The van der Waals surface area contributed by atoms with Crippen LogP contribution in [0.5, 0.6) is 0 Å². The Hall–Kier alpha value is -2.64. The van der Waals surface area contributed by atoms with Gasteiger partial charge in [0.25, 0.3) is 0 Å². The first kappa shape index (κ1) is 21.9. The zero-order valence-corrected chi connectivity index (χ0v) is 20.7. The Morgan fingerprint density at radius 2 is 2.03 bits per heavy atom. The topological polar surface area (TPSA) is 55.1 Å². The molecule has 0 saturated heterocycles. The zero-order valence-electron chi connectivity index (χ0n) is 20.7. The van der Waals surface area contributed by atoms with Crippen LogP contribution in [-0.4, -0.2) is 26.0 Å². The van der Waals surface area contributed by atoms with Gasteiger partial charge < -0.3 is 9.67 Å². The lowest BCUT2D eigenvalue weighted by Crippen LogP contribution is -2.51. The second-order valence-corrected chi connectivity index (χ2v) is 11.2. The van der Waals surface area contributed by atoms with Crippen LogP contribution in [0.1, 0.15) is 76.1 Å². The van der Waals surface area contributed by atoms with Gasteiger partial charge in [-0.05, 0) is 99.1 Å². The molecule has 4 nitrogen and oxygen atoms in total. The Labute approximate surface area is 202 Å². The highest BCUT2D eigenvalue weighted by Crippen LogP contribution is 2.66. The number of allylic oxidation sites excluding steroid dienone is 4. The van der Waals surface area contributed by atoms with Gasteiger partial charge in [0.2, 0.25) is 0 Å². The molecule has 1 aromatic heterocycles. The number of aromatic nitrogens is 2. The van der Waals surface area contributed by atoms with Crippen LogP contribution < -0.4 is 0 Å². The number of rotatable bonds is 1. The van der Waals surface area contributed by atoms with Gasteiger partial charge in [-0.3, -0.25) is 4.79 Å². The number of fused-ring (bicyclic) bond motifs is 5. The number of nitrogens with zero attached hydrogens (tertiary/aromatic N) is 2. The second kappa shape index (κ2) is 7.43. The number of carbonyl (C=O) groups excluding carboxylic acids is 1. The third-order valence-electron chi connectivity index (χ3n) is 9.75. The Morgan fingerprint density at radius 1 is 1.21 bits per heavy atom. The van der Waals surface area contributed by atoms with Crippen LogP contribution in [-0.2, 0) is 11.8 Å². The van der Waals surface area contributed by atoms with E-state index in [0.29, 0.717) is 18.3 Å². The summed E-state index contributed by atoms with van der Waals surface area (Å²) in [4.78, 5) is 17.1. The summed E-state index contributed by atoms with van der Waals surface area (Å²) in [7, 11) is 2.07. The van der Waals surface area contributed by atoms with Gasteiger partial charge >= 0.3 is 0 Å². The number of aliphatic hydroxyl groups is 1. The first-order valence-electron chi connectivity index (χ1n) is 12.8. The molecule has 176 valence electrons. The smallest absolute Gasteiger partial charge is 0.156 e. The highest BCUT2D eigenvalue weighted by molar-refractivity contribution is 5.93. The first-order valence-corrected chi connectivity index (χ1v) is 12.8. The lowest BCUT2D eigenvalue weighted by Gasteiger charge is -2.53. The third kappa shape index (κ3) is 2.89. The molecule has 2 saturated carbocycles. The van der Waals surface area contributed by atoms with Crippen molar-refractivity contribution in [3.63, 3.8) is 0 Å². The van der Waals surface area contributed by atoms with Gasteiger partial charge in [-0.1, -0.05) is 24.5 Å². The number of ketones is 1. The molecule has 2 fully saturated rings. The van der Waals surface area contributed by atoms with Crippen molar-refractivity contribution in [2.24, 2.45) is 24.3 Å². The molecule has 6 rings (SSSR count). The number of carbonyl (C=O) groups is 1. The van der Waals surface area contributed by atoms with Crippen LogP contribution in [0.2, 0.25) is 0 Å². The van der Waals surface area contributed by atoms with Gasteiger partial charge in [0, 0.05) is 24.8 Å². The normalized spacial score (nSPS) is 34.8. The van der Waals surface area contributed by atoms with Crippen molar-refractivity contribution in [1.29, 1.82) is 0 Å². The first-order chi connectivity index (χ1) is 16.3. The van der Waals surface area contributed by atoms with E-state index in [1.165, 1.54) is 16.7 Å². The third-order valence-corrected chi connectivity index (χ3v) is 9.75. The van der Waals surface area contributed by atoms with E-state index >= 15 is 0 Å². The molecule has 34 heavy (non-hydrogen) atoms. The molecule has 4 aliphatic rings. The number of benzene rings is 1. The molecular weight excluding hydrogens is 420 g/mol. The highest BCUT2D eigenvalue weighted by Gasteiger charge is 2.62. The van der Waals surface area contributed by atoms with E-state index in [4.69, 9.17) is 4.98 Å². The summed E-state index contributed by atoms with van der Waals surface area (Å²) < 4.78 is 2.14. The number of aryl methyl sites for hydroxylation is 2. The van der Waals surface area contributed by atoms with Crippen molar-refractivity contribution in [2.45, 2.75) is 77.2 Å². The van der Waals surface area contributed by atoms with Crippen LogP contribution >= 0.6 is 0 Å². The van der Waals surface area contributed by atoms with Crippen molar-refractivity contribution in [2.75, 3.05) is 0 Å². The Balaban J connectivity index is 1.56. The fourth-order valence-electron chi connectivity index (χ4n) is 7.93. The fraction of sp³-hybridized carbons (Fsp3) is 0.533. The molecule has 1 N–H and O–H groups in total. The van der Waals surface area contributed by atoms with E-state index in [2.05, 4.69) is 48.6 Å². The maximum absolute atomic E-state index is 12.2. The average Bonchev–Trinajstić information content (AvgIpc) is 3.24. The van der Waals surface area contributed by atoms with E-state index in [1.54, 1.807) is 5.57 Å². The van der Waals surface area contributed by atoms with Crippen molar-refractivity contribution >= 4 is 16.8 Å². The quantitative estimate of drug-likeness (QED) is 0.576. The molecule has 0 bridgehead atoms. The molecule has 1 aromatic carbocycles.